The number of aryl methyl sites for hydroxylation is 1. The molecule has 0 fully saturated rings. The van der Waals surface area contributed by atoms with Gasteiger partial charge in [0.2, 0.25) is 7.98 Å². The van der Waals surface area contributed by atoms with E-state index in [9.17, 15) is 0 Å². The Bertz CT molecular complexity index is 214. The summed E-state index contributed by atoms with van der Waals surface area (Å²) in [6.45, 7) is 0. The van der Waals surface area contributed by atoms with Gasteiger partial charge < -0.3 is 9.05 Å². The lowest BCUT2D eigenvalue weighted by atomic mass is 10.4. The lowest BCUT2D eigenvalue weighted by Crippen LogP contribution is -1.91. The molecule has 0 saturated heterocycles. The van der Waals surface area contributed by atoms with Gasteiger partial charge in [0.05, 0.1) is 0 Å². The third kappa shape index (κ3) is 0.711. The molecule has 0 amide bonds. The first-order valence-electron chi connectivity index (χ1n) is 2.21. The number of hydrogen-bond acceptors (Lipinski definition) is 1. The molecule has 0 atom stereocenters. The Morgan fingerprint density at radius 1 is 1.62 bits per heavy atom. The van der Waals surface area contributed by atoms with Gasteiger partial charge in [0.25, 0.3) is 0 Å². The van der Waals surface area contributed by atoms with Gasteiger partial charge in [-0.1, -0.05) is 0 Å². The Kier molecular flexibility index (Phi) is 1.25. The minimum atomic E-state index is 0.630. The number of aromatic nitrogens is 2. The van der Waals surface area contributed by atoms with Gasteiger partial charge in [0, 0.05) is 19.4 Å². The van der Waals surface area contributed by atoms with E-state index in [2.05, 4.69) is 0 Å². The normalized spacial score (nSPS) is 9.62. The Morgan fingerprint density at radius 3 is 2.38 bits per heavy atom. The van der Waals surface area contributed by atoms with Crippen LogP contribution in [0.3, 0.4) is 0 Å². The van der Waals surface area contributed by atoms with Crippen LogP contribution in [-0.4, -0.2) is 17.0 Å². The summed E-state index contributed by atoms with van der Waals surface area (Å²) in [7, 11) is 7.19. The summed E-state index contributed by atoms with van der Waals surface area (Å²) >= 11 is 4.83. The summed E-state index contributed by atoms with van der Waals surface area (Å²) in [5.74, 6) is 0. The second-order valence-electron chi connectivity index (χ2n) is 1.60. The van der Waals surface area contributed by atoms with Crippen molar-refractivity contribution in [2.45, 2.75) is 0 Å². The van der Waals surface area contributed by atoms with Gasteiger partial charge in [-0.2, -0.15) is 0 Å². The summed E-state index contributed by atoms with van der Waals surface area (Å²) in [5, 5.41) is 0. The highest BCUT2D eigenvalue weighted by atomic mass is 32.1. The zero-order valence-electron chi connectivity index (χ0n) is 4.53. The van der Waals surface area contributed by atoms with E-state index in [1.54, 1.807) is 10.8 Å². The molecule has 1 aromatic rings. The lowest BCUT2D eigenvalue weighted by molar-refractivity contribution is 0.883. The third-order valence-corrected chi connectivity index (χ3v) is 1.47. The van der Waals surface area contributed by atoms with E-state index >= 15 is 0 Å². The molecule has 2 radical (unpaired) electrons. The van der Waals surface area contributed by atoms with Crippen molar-refractivity contribution in [1.29, 1.82) is 0 Å². The average Bonchev–Trinajstić information content (AvgIpc) is 1.98. The highest BCUT2D eigenvalue weighted by Crippen LogP contribution is 1.87. The van der Waals surface area contributed by atoms with Crippen molar-refractivity contribution in [3.05, 3.63) is 17.2 Å². The Labute approximate surface area is 54.2 Å². The molecular formula is C4H5BN2S. The Morgan fingerprint density at radius 2 is 2.25 bits per heavy atom. The average molecular weight is 124 g/mol. The zero-order valence-corrected chi connectivity index (χ0v) is 5.35. The summed E-state index contributed by atoms with van der Waals surface area (Å²) in [4.78, 5) is 0. The van der Waals surface area contributed by atoms with Crippen LogP contribution in [0.25, 0.3) is 0 Å². The minimum Gasteiger partial charge on any atom is -0.380 e. The van der Waals surface area contributed by atoms with E-state index in [1.165, 1.54) is 4.48 Å². The standard InChI is InChI=1S/C4H5BN2S/c1-6-2-3-7(5)4(6)8/h2-3H,1H3. The molecule has 2 nitrogen and oxygen atoms in total. The smallest absolute Gasteiger partial charge is 0.237 e. The van der Waals surface area contributed by atoms with Crippen LogP contribution < -0.4 is 0 Å². The molecule has 0 N–H and O–H groups in total. The van der Waals surface area contributed by atoms with E-state index in [1.807, 2.05) is 13.2 Å². The minimum absolute atomic E-state index is 0.630. The topological polar surface area (TPSA) is 9.86 Å². The monoisotopic (exact) mass is 124 g/mol. The van der Waals surface area contributed by atoms with Crippen molar-refractivity contribution >= 4 is 20.2 Å². The molecule has 0 aromatic carbocycles. The predicted molar refractivity (Wildman–Crippen MR) is 35.4 cm³/mol. The second-order valence-corrected chi connectivity index (χ2v) is 1.96. The molecule has 1 heterocycles. The lowest BCUT2D eigenvalue weighted by Gasteiger charge is -1.86. The van der Waals surface area contributed by atoms with Crippen LogP contribution >= 0.6 is 12.2 Å². The van der Waals surface area contributed by atoms with Crippen molar-refractivity contribution in [3.8, 4) is 0 Å². The zero-order chi connectivity index (χ0) is 6.15. The van der Waals surface area contributed by atoms with Crippen LogP contribution in [0.4, 0.5) is 0 Å². The molecule has 8 heavy (non-hydrogen) atoms. The van der Waals surface area contributed by atoms with E-state index in [-0.39, 0.29) is 0 Å². The number of imidazole rings is 1. The molecule has 40 valence electrons. The molecule has 0 spiro atoms. The molecule has 0 saturated carbocycles. The molecule has 0 aliphatic rings. The van der Waals surface area contributed by atoms with Gasteiger partial charge >= 0.3 is 0 Å². The summed E-state index contributed by atoms with van der Waals surface area (Å²) in [6.07, 6.45) is 3.52. The first-order valence-corrected chi connectivity index (χ1v) is 2.61. The number of hydrogen-bond donors (Lipinski definition) is 0. The van der Waals surface area contributed by atoms with Crippen LogP contribution in [-0.2, 0) is 7.05 Å². The highest BCUT2D eigenvalue weighted by Gasteiger charge is 1.84. The van der Waals surface area contributed by atoms with Gasteiger partial charge in [-0.15, -0.1) is 0 Å². The molecular weight excluding hydrogens is 119 g/mol. The maximum Gasteiger partial charge on any atom is 0.237 e. The molecule has 1 aromatic heterocycles. The molecule has 4 heteroatoms. The fraction of sp³-hybridized carbons (Fsp3) is 0.250. The van der Waals surface area contributed by atoms with Crippen molar-refractivity contribution < 1.29 is 0 Å². The summed E-state index contributed by atoms with van der Waals surface area (Å²) in [6, 6.07) is 0. The maximum atomic E-state index is 5.33. The van der Waals surface area contributed by atoms with E-state index in [0.717, 1.165) is 0 Å². The molecule has 0 aliphatic carbocycles. The van der Waals surface area contributed by atoms with E-state index in [4.69, 9.17) is 20.2 Å². The quantitative estimate of drug-likeness (QED) is 0.361. The van der Waals surface area contributed by atoms with Crippen molar-refractivity contribution in [3.63, 3.8) is 0 Å². The first kappa shape index (κ1) is 5.63. The Balaban J connectivity index is 3.42. The van der Waals surface area contributed by atoms with Crippen LogP contribution in [0.2, 0.25) is 0 Å². The highest BCUT2D eigenvalue weighted by molar-refractivity contribution is 7.71. The molecule has 1 rings (SSSR count). The van der Waals surface area contributed by atoms with Crippen molar-refractivity contribution in [2.24, 2.45) is 7.05 Å². The van der Waals surface area contributed by atoms with Crippen molar-refractivity contribution in [2.75, 3.05) is 0 Å². The van der Waals surface area contributed by atoms with Crippen LogP contribution in [0.1, 0.15) is 0 Å². The fourth-order valence-electron chi connectivity index (χ4n) is 0.481. The fourth-order valence-corrected chi connectivity index (χ4v) is 0.603. The van der Waals surface area contributed by atoms with Crippen molar-refractivity contribution in [1.82, 2.24) is 9.05 Å². The maximum absolute atomic E-state index is 5.33. The van der Waals surface area contributed by atoms with Gasteiger partial charge in [0.1, 0.15) is 0 Å². The number of nitrogens with zero attached hydrogens (tertiary/aromatic N) is 2. The Hall–Kier alpha value is -0.505. The first-order chi connectivity index (χ1) is 3.72. The number of rotatable bonds is 0. The molecule has 0 unspecified atom stereocenters. The summed E-state index contributed by atoms with van der Waals surface area (Å²) in [5.41, 5.74) is 0. The predicted octanol–water partition coefficient (Wildman–Crippen LogP) is 0.488. The second kappa shape index (κ2) is 1.78. The molecule has 0 bridgehead atoms. The van der Waals surface area contributed by atoms with Crippen LogP contribution in [0.5, 0.6) is 0 Å². The largest absolute Gasteiger partial charge is 0.380 e. The van der Waals surface area contributed by atoms with Crippen LogP contribution in [0, 0.1) is 4.77 Å². The van der Waals surface area contributed by atoms with Gasteiger partial charge in [-0.25, -0.2) is 0 Å². The van der Waals surface area contributed by atoms with Crippen LogP contribution in [0.15, 0.2) is 12.4 Å². The SMILES string of the molecule is [B]n1ccn(C)c1=S. The molecule has 0 aliphatic heterocycles. The van der Waals surface area contributed by atoms with E-state index in [0.29, 0.717) is 4.77 Å². The summed E-state index contributed by atoms with van der Waals surface area (Å²) < 4.78 is 3.80. The third-order valence-electron chi connectivity index (χ3n) is 0.973. The van der Waals surface area contributed by atoms with Gasteiger partial charge in [-0.3, -0.25) is 0 Å². The van der Waals surface area contributed by atoms with Gasteiger partial charge in [-0.05, 0) is 12.2 Å². The van der Waals surface area contributed by atoms with Gasteiger partial charge in [0.15, 0.2) is 4.77 Å². The van der Waals surface area contributed by atoms with E-state index < -0.39 is 0 Å².